The molecule has 0 aliphatic rings. The summed E-state index contributed by atoms with van der Waals surface area (Å²) >= 11 is 0. The normalized spacial score (nSPS) is 11.0. The average molecular weight is 423 g/mol. The van der Waals surface area contributed by atoms with Gasteiger partial charge in [0.25, 0.3) is 5.91 Å². The van der Waals surface area contributed by atoms with Gasteiger partial charge in [-0.3, -0.25) is 15.2 Å². The zero-order valence-electron chi connectivity index (χ0n) is 17.9. The number of aromatic nitrogens is 3. The van der Waals surface area contributed by atoms with Crippen LogP contribution in [0.25, 0.3) is 11.4 Å². The summed E-state index contributed by atoms with van der Waals surface area (Å²) in [6.45, 7) is 5.51. The molecule has 3 N–H and O–H groups in total. The van der Waals surface area contributed by atoms with Gasteiger partial charge in [0.2, 0.25) is 0 Å². The van der Waals surface area contributed by atoms with E-state index in [2.05, 4.69) is 25.8 Å². The molecule has 0 bridgehead atoms. The molecule has 9 heteroatoms. The second-order valence-electron chi connectivity index (χ2n) is 7.72. The minimum absolute atomic E-state index is 0.172. The number of amides is 2. The van der Waals surface area contributed by atoms with Crippen molar-refractivity contribution in [2.45, 2.75) is 32.9 Å². The van der Waals surface area contributed by atoms with Crippen molar-refractivity contribution >= 4 is 17.7 Å². The Balaban J connectivity index is 1.58. The lowest BCUT2D eigenvalue weighted by molar-refractivity contribution is 0.0635. The van der Waals surface area contributed by atoms with Crippen LogP contribution in [0.4, 0.5) is 10.5 Å². The Bertz CT molecular complexity index is 1050. The average Bonchev–Trinajstić information content (AvgIpc) is 3.20. The minimum atomic E-state index is -0.610. The molecule has 2 aromatic carbocycles. The third kappa shape index (κ3) is 6.30. The van der Waals surface area contributed by atoms with Crippen molar-refractivity contribution in [3.8, 4) is 17.1 Å². The van der Waals surface area contributed by atoms with Crippen molar-refractivity contribution in [2.24, 2.45) is 0 Å². The van der Waals surface area contributed by atoms with Crippen LogP contribution < -0.4 is 15.4 Å². The number of rotatable bonds is 6. The van der Waals surface area contributed by atoms with Gasteiger partial charge in [0.05, 0.1) is 13.7 Å². The number of nitrogens with one attached hydrogen (secondary N) is 3. The highest BCUT2D eigenvalue weighted by Gasteiger charge is 2.17. The fourth-order valence-corrected chi connectivity index (χ4v) is 2.67. The van der Waals surface area contributed by atoms with E-state index < -0.39 is 11.7 Å². The number of benzene rings is 2. The van der Waals surface area contributed by atoms with Gasteiger partial charge >= 0.3 is 6.09 Å². The lowest BCUT2D eigenvalue weighted by Gasteiger charge is -2.19. The van der Waals surface area contributed by atoms with Crippen LogP contribution in [0, 0.1) is 0 Å². The topological polar surface area (TPSA) is 118 Å². The molecule has 0 saturated heterocycles. The first-order chi connectivity index (χ1) is 14.7. The third-order valence-corrected chi connectivity index (χ3v) is 4.07. The Morgan fingerprint density at radius 1 is 1.10 bits per heavy atom. The number of nitrogens with zero attached hydrogens (tertiary/aromatic N) is 2. The SMILES string of the molecule is COc1ccc(-c2n[nH]c(CNC(=O)c3cccc(NC(=O)OC(C)(C)C)c3)n2)cc1. The number of hydrogen-bond acceptors (Lipinski definition) is 6. The quantitative estimate of drug-likeness (QED) is 0.556. The number of H-pyrrole nitrogens is 1. The number of hydrogen-bond donors (Lipinski definition) is 3. The number of anilines is 1. The molecule has 3 aromatic rings. The van der Waals surface area contributed by atoms with Crippen LogP contribution >= 0.6 is 0 Å². The molecule has 0 atom stereocenters. The number of ether oxygens (including phenoxy) is 2. The molecule has 1 aromatic heterocycles. The highest BCUT2D eigenvalue weighted by molar-refractivity contribution is 5.96. The molecule has 0 aliphatic heterocycles. The highest BCUT2D eigenvalue weighted by Crippen LogP contribution is 2.19. The van der Waals surface area contributed by atoms with Crippen molar-refractivity contribution in [3.05, 3.63) is 59.9 Å². The molecule has 162 valence electrons. The van der Waals surface area contributed by atoms with Crippen LogP contribution in [-0.2, 0) is 11.3 Å². The summed E-state index contributed by atoms with van der Waals surface area (Å²) in [6.07, 6.45) is -0.585. The second-order valence-corrected chi connectivity index (χ2v) is 7.72. The van der Waals surface area contributed by atoms with Crippen LogP contribution in [0.3, 0.4) is 0 Å². The monoisotopic (exact) mass is 423 g/mol. The van der Waals surface area contributed by atoms with Gasteiger partial charge in [0.1, 0.15) is 17.2 Å². The minimum Gasteiger partial charge on any atom is -0.497 e. The lowest BCUT2D eigenvalue weighted by atomic mass is 10.2. The third-order valence-electron chi connectivity index (χ3n) is 4.07. The van der Waals surface area contributed by atoms with Crippen LogP contribution in [0.5, 0.6) is 5.75 Å². The van der Waals surface area contributed by atoms with Crippen molar-refractivity contribution in [3.63, 3.8) is 0 Å². The smallest absolute Gasteiger partial charge is 0.412 e. The van der Waals surface area contributed by atoms with E-state index in [0.29, 0.717) is 22.9 Å². The summed E-state index contributed by atoms with van der Waals surface area (Å²) in [5.74, 6) is 1.48. The van der Waals surface area contributed by atoms with E-state index in [1.807, 2.05) is 24.3 Å². The fraction of sp³-hybridized carbons (Fsp3) is 0.273. The predicted molar refractivity (Wildman–Crippen MR) is 116 cm³/mol. The van der Waals surface area contributed by atoms with Gasteiger partial charge in [0, 0.05) is 16.8 Å². The summed E-state index contributed by atoms with van der Waals surface area (Å²) in [4.78, 5) is 28.8. The lowest BCUT2D eigenvalue weighted by Crippen LogP contribution is -2.27. The molecule has 0 radical (unpaired) electrons. The van der Waals surface area contributed by atoms with E-state index in [1.54, 1.807) is 52.1 Å². The Kier molecular flexibility index (Phi) is 6.54. The number of carbonyl (C=O) groups excluding carboxylic acids is 2. The summed E-state index contributed by atoms with van der Waals surface area (Å²) in [5.41, 5.74) is 1.07. The Hall–Kier alpha value is -3.88. The largest absolute Gasteiger partial charge is 0.497 e. The van der Waals surface area contributed by atoms with Crippen molar-refractivity contribution in [1.82, 2.24) is 20.5 Å². The fourth-order valence-electron chi connectivity index (χ4n) is 2.67. The highest BCUT2D eigenvalue weighted by atomic mass is 16.6. The van der Waals surface area contributed by atoms with Crippen LogP contribution in [-0.4, -0.2) is 39.9 Å². The van der Waals surface area contributed by atoms with Gasteiger partial charge in [0.15, 0.2) is 5.82 Å². The molecule has 0 aliphatic carbocycles. The zero-order valence-corrected chi connectivity index (χ0v) is 17.9. The van der Waals surface area contributed by atoms with Gasteiger partial charge in [-0.15, -0.1) is 0 Å². The van der Waals surface area contributed by atoms with Crippen molar-refractivity contribution in [2.75, 3.05) is 12.4 Å². The van der Waals surface area contributed by atoms with Gasteiger partial charge in [-0.2, -0.15) is 5.10 Å². The first kappa shape index (κ1) is 21.8. The van der Waals surface area contributed by atoms with E-state index in [-0.39, 0.29) is 12.5 Å². The van der Waals surface area contributed by atoms with Gasteiger partial charge < -0.3 is 14.8 Å². The molecule has 2 amide bonds. The predicted octanol–water partition coefficient (Wildman–Crippen LogP) is 3.76. The van der Waals surface area contributed by atoms with Crippen LogP contribution in [0.2, 0.25) is 0 Å². The number of aromatic amines is 1. The second kappa shape index (κ2) is 9.29. The van der Waals surface area contributed by atoms with Crippen LogP contribution in [0.15, 0.2) is 48.5 Å². The summed E-state index contributed by atoms with van der Waals surface area (Å²) < 4.78 is 10.4. The maximum Gasteiger partial charge on any atom is 0.412 e. The molecule has 0 unspecified atom stereocenters. The molecule has 3 rings (SSSR count). The van der Waals surface area contributed by atoms with E-state index in [9.17, 15) is 9.59 Å². The number of carbonyl (C=O) groups is 2. The Morgan fingerprint density at radius 3 is 2.52 bits per heavy atom. The molecule has 0 spiro atoms. The molecule has 0 fully saturated rings. The standard InChI is InChI=1S/C22H25N5O4/c1-22(2,3)31-21(29)24-16-7-5-6-15(12-16)20(28)23-13-18-25-19(27-26-18)14-8-10-17(30-4)11-9-14/h5-12H,13H2,1-4H3,(H,23,28)(H,24,29)(H,25,26,27). The molecule has 0 saturated carbocycles. The Morgan fingerprint density at radius 2 is 1.84 bits per heavy atom. The number of methoxy groups -OCH3 is 1. The molecular weight excluding hydrogens is 398 g/mol. The summed E-state index contributed by atoms with van der Waals surface area (Å²) in [6, 6.07) is 13.9. The van der Waals surface area contributed by atoms with E-state index in [4.69, 9.17) is 9.47 Å². The maximum atomic E-state index is 12.5. The summed E-state index contributed by atoms with van der Waals surface area (Å²) in [5, 5.41) is 12.4. The van der Waals surface area contributed by atoms with Gasteiger partial charge in [-0.1, -0.05) is 6.07 Å². The molecule has 9 nitrogen and oxygen atoms in total. The molecular formula is C22H25N5O4. The van der Waals surface area contributed by atoms with Crippen molar-refractivity contribution < 1.29 is 19.1 Å². The van der Waals surface area contributed by atoms with E-state index >= 15 is 0 Å². The zero-order chi connectivity index (χ0) is 22.4. The van der Waals surface area contributed by atoms with E-state index in [0.717, 1.165) is 11.3 Å². The first-order valence-electron chi connectivity index (χ1n) is 9.67. The van der Waals surface area contributed by atoms with Gasteiger partial charge in [-0.05, 0) is 63.2 Å². The van der Waals surface area contributed by atoms with Crippen molar-refractivity contribution in [1.29, 1.82) is 0 Å². The molecule has 31 heavy (non-hydrogen) atoms. The van der Waals surface area contributed by atoms with Crippen LogP contribution in [0.1, 0.15) is 37.0 Å². The molecule has 1 heterocycles. The van der Waals surface area contributed by atoms with E-state index in [1.165, 1.54) is 0 Å². The van der Waals surface area contributed by atoms with Gasteiger partial charge in [-0.25, -0.2) is 9.78 Å². The first-order valence-corrected chi connectivity index (χ1v) is 9.67. The Labute approximate surface area is 180 Å². The summed E-state index contributed by atoms with van der Waals surface area (Å²) in [7, 11) is 1.60. The maximum absolute atomic E-state index is 12.5.